The molecular weight excluding hydrogens is 641 g/mol. The maximum atomic E-state index is 7.04. The minimum atomic E-state index is 0.915. The molecular formula is C52H28O. The monoisotopic (exact) mass is 668 g/mol. The summed E-state index contributed by atoms with van der Waals surface area (Å²) >= 11 is 0. The number of rotatable bonds is 2. The summed E-state index contributed by atoms with van der Waals surface area (Å²) in [6.07, 6.45) is 0. The van der Waals surface area contributed by atoms with Gasteiger partial charge in [-0.15, -0.1) is 0 Å². The SMILES string of the molecule is c1ccc2c(c1)ccc1oc3c(-c4ccc5ccc6cccc7ccc4c5c67)cc4ccc(-c5ccc6ccc7cccc8ccc5c6c78)cc4c3c12. The van der Waals surface area contributed by atoms with Gasteiger partial charge in [-0.3, -0.25) is 0 Å². The van der Waals surface area contributed by atoms with Gasteiger partial charge in [-0.2, -0.15) is 0 Å². The van der Waals surface area contributed by atoms with Crippen molar-refractivity contribution in [3.8, 4) is 22.3 Å². The van der Waals surface area contributed by atoms with Crippen molar-refractivity contribution < 1.29 is 4.42 Å². The first-order valence-corrected chi connectivity index (χ1v) is 18.4. The quantitative estimate of drug-likeness (QED) is 0.167. The Bertz CT molecular complexity index is 3640. The predicted molar refractivity (Wildman–Crippen MR) is 227 cm³/mol. The summed E-state index contributed by atoms with van der Waals surface area (Å²) in [5, 5.41) is 22.7. The van der Waals surface area contributed by atoms with Crippen LogP contribution < -0.4 is 0 Å². The Morgan fingerprint density at radius 3 is 1.49 bits per heavy atom. The van der Waals surface area contributed by atoms with E-state index in [1.807, 2.05) is 0 Å². The second-order valence-corrected chi connectivity index (χ2v) is 14.8. The van der Waals surface area contributed by atoms with E-state index >= 15 is 0 Å². The van der Waals surface area contributed by atoms with Crippen LogP contribution in [0.5, 0.6) is 0 Å². The molecule has 0 aliphatic carbocycles. The van der Waals surface area contributed by atoms with Crippen LogP contribution in [0, 0.1) is 0 Å². The van der Waals surface area contributed by atoms with Crippen molar-refractivity contribution in [1.29, 1.82) is 0 Å². The van der Waals surface area contributed by atoms with Gasteiger partial charge >= 0.3 is 0 Å². The zero-order chi connectivity index (χ0) is 34.4. The lowest BCUT2D eigenvalue weighted by atomic mass is 9.87. The second-order valence-electron chi connectivity index (χ2n) is 14.8. The molecule has 0 saturated carbocycles. The lowest BCUT2D eigenvalue weighted by Gasteiger charge is -2.16. The van der Waals surface area contributed by atoms with Crippen molar-refractivity contribution in [3.05, 3.63) is 170 Å². The van der Waals surface area contributed by atoms with E-state index in [1.54, 1.807) is 0 Å². The molecule has 13 rings (SSSR count). The maximum Gasteiger partial charge on any atom is 0.143 e. The molecule has 13 aromatic rings. The molecule has 1 heterocycles. The normalized spacial score (nSPS) is 12.5. The third-order valence-corrected chi connectivity index (χ3v) is 12.1. The summed E-state index contributed by atoms with van der Waals surface area (Å²) in [5.74, 6) is 0. The Hall–Kier alpha value is -6.96. The van der Waals surface area contributed by atoms with Crippen molar-refractivity contribution in [1.82, 2.24) is 0 Å². The van der Waals surface area contributed by atoms with Crippen LogP contribution in [-0.4, -0.2) is 0 Å². The number of fused-ring (bicyclic) bond motifs is 7. The van der Waals surface area contributed by atoms with Crippen LogP contribution in [0.3, 0.4) is 0 Å². The highest BCUT2D eigenvalue weighted by atomic mass is 16.3. The van der Waals surface area contributed by atoms with Crippen LogP contribution in [0.15, 0.2) is 174 Å². The molecule has 0 bridgehead atoms. The van der Waals surface area contributed by atoms with Crippen LogP contribution in [0.2, 0.25) is 0 Å². The zero-order valence-electron chi connectivity index (χ0n) is 28.6. The minimum absolute atomic E-state index is 0.915. The highest BCUT2D eigenvalue weighted by molar-refractivity contribution is 6.32. The van der Waals surface area contributed by atoms with Crippen molar-refractivity contribution in [3.63, 3.8) is 0 Å². The topological polar surface area (TPSA) is 13.1 Å². The van der Waals surface area contributed by atoms with Crippen LogP contribution in [-0.2, 0) is 0 Å². The largest absolute Gasteiger partial charge is 0.455 e. The molecule has 242 valence electrons. The maximum absolute atomic E-state index is 7.04. The lowest BCUT2D eigenvalue weighted by molar-refractivity contribution is 0.670. The molecule has 0 spiro atoms. The number of hydrogen-bond acceptors (Lipinski definition) is 1. The third kappa shape index (κ3) is 3.61. The smallest absolute Gasteiger partial charge is 0.143 e. The van der Waals surface area contributed by atoms with Crippen LogP contribution >= 0.6 is 0 Å². The highest BCUT2D eigenvalue weighted by Crippen LogP contribution is 2.48. The summed E-state index contributed by atoms with van der Waals surface area (Å²) in [6, 6.07) is 63.1. The molecule has 1 aromatic heterocycles. The highest BCUT2D eigenvalue weighted by Gasteiger charge is 2.22. The first kappa shape index (κ1) is 27.7. The van der Waals surface area contributed by atoms with Crippen LogP contribution in [0.4, 0.5) is 0 Å². The molecule has 0 N–H and O–H groups in total. The molecule has 0 atom stereocenters. The Morgan fingerprint density at radius 2 is 0.792 bits per heavy atom. The molecule has 0 amide bonds. The molecule has 0 aliphatic heterocycles. The van der Waals surface area contributed by atoms with Crippen molar-refractivity contribution in [2.45, 2.75) is 0 Å². The molecule has 53 heavy (non-hydrogen) atoms. The second kappa shape index (κ2) is 9.88. The zero-order valence-corrected chi connectivity index (χ0v) is 28.6. The minimum Gasteiger partial charge on any atom is -0.455 e. The van der Waals surface area contributed by atoms with Crippen molar-refractivity contribution in [2.24, 2.45) is 0 Å². The van der Waals surface area contributed by atoms with E-state index in [9.17, 15) is 0 Å². The fraction of sp³-hybridized carbons (Fsp3) is 0. The molecule has 1 nitrogen and oxygen atoms in total. The standard InChI is InChI=1S/C52H28O/c1-2-10-39-29(5-1)21-26-45-50(39)51-43-27-36(38-22-17-34-13-11-30-6-3-8-32-19-24-41(38)48(34)46(30)32)15-16-37(43)28-44(52(51)53-45)40-23-18-35-14-12-31-7-4-9-33-20-25-42(40)49(35)47(31)33/h1-28H. The number of hydrogen-bond donors (Lipinski definition) is 0. The molecule has 0 unspecified atom stereocenters. The molecule has 12 aromatic carbocycles. The van der Waals surface area contributed by atoms with E-state index in [2.05, 4.69) is 170 Å². The van der Waals surface area contributed by atoms with Gasteiger partial charge in [0, 0.05) is 16.3 Å². The first-order valence-electron chi connectivity index (χ1n) is 18.4. The van der Waals surface area contributed by atoms with Crippen LogP contribution in [0.25, 0.3) is 130 Å². The van der Waals surface area contributed by atoms with E-state index in [4.69, 9.17) is 4.42 Å². The first-order chi connectivity index (χ1) is 26.3. The van der Waals surface area contributed by atoms with E-state index in [-0.39, 0.29) is 0 Å². The number of benzene rings is 12. The third-order valence-electron chi connectivity index (χ3n) is 12.1. The molecule has 0 fully saturated rings. The summed E-state index contributed by atoms with van der Waals surface area (Å²) in [7, 11) is 0. The van der Waals surface area contributed by atoms with Gasteiger partial charge in [-0.1, -0.05) is 152 Å². The Balaban J connectivity index is 1.16. The molecule has 0 radical (unpaired) electrons. The van der Waals surface area contributed by atoms with Crippen LogP contribution in [0.1, 0.15) is 0 Å². The van der Waals surface area contributed by atoms with Gasteiger partial charge < -0.3 is 4.42 Å². The van der Waals surface area contributed by atoms with Gasteiger partial charge in [0.05, 0.1) is 0 Å². The molecule has 0 aliphatic rings. The summed E-state index contributed by atoms with van der Waals surface area (Å²) in [4.78, 5) is 0. The fourth-order valence-corrected chi connectivity index (χ4v) is 9.76. The molecule has 1 heteroatoms. The van der Waals surface area contributed by atoms with Gasteiger partial charge in [0.25, 0.3) is 0 Å². The van der Waals surface area contributed by atoms with Crippen molar-refractivity contribution >= 4 is 108 Å². The average molecular weight is 669 g/mol. The van der Waals surface area contributed by atoms with Gasteiger partial charge in [-0.05, 0) is 121 Å². The predicted octanol–water partition coefficient (Wildman–Crippen LogP) is 15.0. The van der Waals surface area contributed by atoms with E-state index in [0.717, 1.165) is 16.7 Å². The summed E-state index contributed by atoms with van der Waals surface area (Å²) < 4.78 is 7.04. The Morgan fingerprint density at radius 1 is 0.264 bits per heavy atom. The molecule has 0 saturated heterocycles. The van der Waals surface area contributed by atoms with E-state index in [0.29, 0.717) is 0 Å². The Labute approximate surface area is 303 Å². The average Bonchev–Trinajstić information content (AvgIpc) is 3.62. The van der Waals surface area contributed by atoms with Gasteiger partial charge in [0.2, 0.25) is 0 Å². The van der Waals surface area contributed by atoms with E-state index in [1.165, 1.54) is 114 Å². The van der Waals surface area contributed by atoms with Gasteiger partial charge in [0.1, 0.15) is 11.2 Å². The van der Waals surface area contributed by atoms with Gasteiger partial charge in [-0.25, -0.2) is 0 Å². The number of furan rings is 1. The fourth-order valence-electron chi connectivity index (χ4n) is 9.76. The summed E-state index contributed by atoms with van der Waals surface area (Å²) in [6.45, 7) is 0. The van der Waals surface area contributed by atoms with E-state index < -0.39 is 0 Å². The van der Waals surface area contributed by atoms with Crippen molar-refractivity contribution in [2.75, 3.05) is 0 Å². The summed E-state index contributed by atoms with van der Waals surface area (Å²) in [5.41, 5.74) is 6.63. The van der Waals surface area contributed by atoms with Gasteiger partial charge in [0.15, 0.2) is 0 Å². The lowest BCUT2D eigenvalue weighted by Crippen LogP contribution is -1.89. The Kier molecular flexibility index (Phi) is 5.17.